The number of benzene rings is 3. The summed E-state index contributed by atoms with van der Waals surface area (Å²) in [6, 6.07) is 20.9. The molecule has 3 aromatic carbocycles. The minimum Gasteiger partial charge on any atom is -0.339 e. The molecule has 7 heteroatoms. The molecule has 0 N–H and O–H groups in total. The molecule has 5 rings (SSSR count). The molecule has 164 valence electrons. The first-order valence-corrected chi connectivity index (χ1v) is 12.2. The fraction of sp³-hybridized carbons (Fsp3) is 0.240. The second-order valence-electron chi connectivity index (χ2n) is 8.14. The van der Waals surface area contributed by atoms with Crippen LogP contribution in [0.4, 0.5) is 5.69 Å². The van der Waals surface area contributed by atoms with E-state index in [-0.39, 0.29) is 17.3 Å². The predicted octanol–water partition coefficient (Wildman–Crippen LogP) is 3.21. The number of carbonyl (C=O) groups is 1. The minimum absolute atomic E-state index is 0.155. The standard InChI is InChI=1S/C25H25N3O3S/c29-24(27-17-15-26(16-18-27)14-6-9-20-7-2-1-3-8-20)19-28-22-12-4-10-21-11-5-13-23(25(21)22)32(28,30)31/h1-13H,14-19H2/b9-6+. The molecule has 32 heavy (non-hydrogen) atoms. The highest BCUT2D eigenvalue weighted by Crippen LogP contribution is 2.41. The van der Waals surface area contributed by atoms with E-state index in [0.717, 1.165) is 25.0 Å². The molecule has 2 aliphatic rings. The molecule has 0 unspecified atom stereocenters. The maximum absolute atomic E-state index is 13.1. The van der Waals surface area contributed by atoms with Gasteiger partial charge in [0.05, 0.1) is 10.6 Å². The van der Waals surface area contributed by atoms with E-state index in [1.807, 2.05) is 36.4 Å². The van der Waals surface area contributed by atoms with Gasteiger partial charge in [0.2, 0.25) is 5.91 Å². The second kappa shape index (κ2) is 8.41. The van der Waals surface area contributed by atoms with Crippen molar-refractivity contribution in [3.05, 3.63) is 78.4 Å². The van der Waals surface area contributed by atoms with Gasteiger partial charge in [0, 0.05) is 38.1 Å². The van der Waals surface area contributed by atoms with E-state index in [0.29, 0.717) is 24.2 Å². The van der Waals surface area contributed by atoms with Crippen LogP contribution in [0.3, 0.4) is 0 Å². The first-order chi connectivity index (χ1) is 15.5. The van der Waals surface area contributed by atoms with E-state index in [4.69, 9.17) is 0 Å². The fourth-order valence-corrected chi connectivity index (χ4v) is 6.09. The van der Waals surface area contributed by atoms with E-state index in [2.05, 4.69) is 29.2 Å². The number of hydrogen-bond acceptors (Lipinski definition) is 4. The smallest absolute Gasteiger partial charge is 0.265 e. The molecule has 0 radical (unpaired) electrons. The molecular weight excluding hydrogens is 422 g/mol. The van der Waals surface area contributed by atoms with Crippen molar-refractivity contribution in [1.29, 1.82) is 0 Å². The highest BCUT2D eigenvalue weighted by molar-refractivity contribution is 7.93. The summed E-state index contributed by atoms with van der Waals surface area (Å²) in [5, 5.41) is 1.58. The lowest BCUT2D eigenvalue weighted by molar-refractivity contribution is -0.131. The summed E-state index contributed by atoms with van der Waals surface area (Å²) < 4.78 is 27.5. The van der Waals surface area contributed by atoms with E-state index in [9.17, 15) is 13.2 Å². The van der Waals surface area contributed by atoms with Crippen LogP contribution in [-0.4, -0.2) is 63.4 Å². The first-order valence-electron chi connectivity index (χ1n) is 10.8. The van der Waals surface area contributed by atoms with Crippen LogP contribution in [0.1, 0.15) is 5.56 Å². The molecule has 3 aromatic rings. The Morgan fingerprint density at radius 2 is 1.59 bits per heavy atom. The molecule has 1 amide bonds. The highest BCUT2D eigenvalue weighted by atomic mass is 32.2. The van der Waals surface area contributed by atoms with Crippen LogP contribution in [0.2, 0.25) is 0 Å². The number of amides is 1. The third-order valence-electron chi connectivity index (χ3n) is 6.16. The molecule has 1 saturated heterocycles. The summed E-state index contributed by atoms with van der Waals surface area (Å²) in [5.74, 6) is -0.155. The Bertz CT molecular complexity index is 1280. The van der Waals surface area contributed by atoms with Gasteiger partial charge in [-0.3, -0.25) is 14.0 Å². The summed E-state index contributed by atoms with van der Waals surface area (Å²) in [6.07, 6.45) is 4.25. The van der Waals surface area contributed by atoms with Gasteiger partial charge in [-0.25, -0.2) is 8.42 Å². The molecule has 0 aliphatic carbocycles. The number of hydrogen-bond donors (Lipinski definition) is 0. The summed E-state index contributed by atoms with van der Waals surface area (Å²) in [6.45, 7) is 3.41. The van der Waals surface area contributed by atoms with Crippen LogP contribution in [0.5, 0.6) is 0 Å². The summed E-state index contributed by atoms with van der Waals surface area (Å²) in [4.78, 5) is 17.4. The Morgan fingerprint density at radius 3 is 2.34 bits per heavy atom. The van der Waals surface area contributed by atoms with Crippen molar-refractivity contribution >= 4 is 38.5 Å². The third-order valence-corrected chi connectivity index (χ3v) is 7.96. The zero-order chi connectivity index (χ0) is 22.1. The number of piperazine rings is 1. The normalized spacial score (nSPS) is 18.0. The second-order valence-corrected chi connectivity index (χ2v) is 9.97. The van der Waals surface area contributed by atoms with E-state index in [1.165, 1.54) is 9.87 Å². The van der Waals surface area contributed by atoms with Crippen molar-refractivity contribution in [2.75, 3.05) is 43.6 Å². The topological polar surface area (TPSA) is 60.9 Å². The van der Waals surface area contributed by atoms with Gasteiger partial charge < -0.3 is 4.90 Å². The van der Waals surface area contributed by atoms with E-state index < -0.39 is 10.0 Å². The monoisotopic (exact) mass is 447 g/mol. The van der Waals surface area contributed by atoms with Crippen molar-refractivity contribution in [3.63, 3.8) is 0 Å². The summed E-state index contributed by atoms with van der Waals surface area (Å²) >= 11 is 0. The van der Waals surface area contributed by atoms with Crippen LogP contribution in [0, 0.1) is 0 Å². The maximum atomic E-state index is 13.1. The van der Waals surface area contributed by atoms with Gasteiger partial charge in [0.15, 0.2) is 0 Å². The van der Waals surface area contributed by atoms with Crippen molar-refractivity contribution in [1.82, 2.24) is 9.80 Å². The lowest BCUT2D eigenvalue weighted by Gasteiger charge is -2.35. The molecule has 0 bridgehead atoms. The molecule has 0 aromatic heterocycles. The number of nitrogens with zero attached hydrogens (tertiary/aromatic N) is 3. The van der Waals surface area contributed by atoms with Crippen molar-refractivity contribution in [2.45, 2.75) is 4.90 Å². The quantitative estimate of drug-likeness (QED) is 0.603. The van der Waals surface area contributed by atoms with Gasteiger partial charge in [-0.05, 0) is 23.1 Å². The van der Waals surface area contributed by atoms with Crippen LogP contribution >= 0.6 is 0 Å². The number of sulfonamides is 1. The molecule has 2 heterocycles. The SMILES string of the molecule is O=C(CN1c2cccc3cccc(c23)S1(=O)=O)N1CCN(C/C=C/c2ccccc2)CC1. The number of anilines is 1. The van der Waals surface area contributed by atoms with Gasteiger partial charge in [0.1, 0.15) is 6.54 Å². The highest BCUT2D eigenvalue weighted by Gasteiger charge is 2.37. The Kier molecular flexibility index (Phi) is 5.45. The molecule has 2 aliphatic heterocycles. The predicted molar refractivity (Wildman–Crippen MR) is 127 cm³/mol. The van der Waals surface area contributed by atoms with Crippen LogP contribution < -0.4 is 4.31 Å². The van der Waals surface area contributed by atoms with Gasteiger partial charge in [-0.2, -0.15) is 0 Å². The first kappa shape index (κ1) is 20.7. The molecule has 6 nitrogen and oxygen atoms in total. The van der Waals surface area contributed by atoms with Crippen molar-refractivity contribution in [3.8, 4) is 0 Å². The van der Waals surface area contributed by atoms with Crippen LogP contribution in [0.15, 0.2) is 77.7 Å². The molecule has 0 spiro atoms. The van der Waals surface area contributed by atoms with E-state index >= 15 is 0 Å². The molecule has 0 atom stereocenters. The maximum Gasteiger partial charge on any atom is 0.265 e. The van der Waals surface area contributed by atoms with Gasteiger partial charge in [-0.15, -0.1) is 0 Å². The van der Waals surface area contributed by atoms with Crippen LogP contribution in [-0.2, 0) is 14.8 Å². The van der Waals surface area contributed by atoms with Crippen molar-refractivity contribution < 1.29 is 13.2 Å². The molecular formula is C25H25N3O3S. The van der Waals surface area contributed by atoms with Gasteiger partial charge in [-0.1, -0.05) is 66.7 Å². The molecule has 1 fully saturated rings. The largest absolute Gasteiger partial charge is 0.339 e. The van der Waals surface area contributed by atoms with Gasteiger partial charge in [0.25, 0.3) is 10.0 Å². The molecule has 0 saturated carbocycles. The number of carbonyl (C=O) groups excluding carboxylic acids is 1. The zero-order valence-electron chi connectivity index (χ0n) is 17.7. The number of rotatable bonds is 5. The summed E-state index contributed by atoms with van der Waals surface area (Å²) in [5.41, 5.74) is 1.76. The Balaban J connectivity index is 1.22. The average molecular weight is 448 g/mol. The zero-order valence-corrected chi connectivity index (χ0v) is 18.5. The van der Waals surface area contributed by atoms with Gasteiger partial charge >= 0.3 is 0 Å². The Labute approximate surface area is 188 Å². The fourth-order valence-electron chi connectivity index (χ4n) is 4.43. The lowest BCUT2D eigenvalue weighted by atomic mass is 10.1. The lowest BCUT2D eigenvalue weighted by Crippen LogP contribution is -2.51. The van der Waals surface area contributed by atoms with E-state index in [1.54, 1.807) is 23.1 Å². The average Bonchev–Trinajstić information content (AvgIpc) is 3.03. The van der Waals surface area contributed by atoms with Crippen LogP contribution in [0.25, 0.3) is 16.8 Å². The Hall–Kier alpha value is -3.16. The van der Waals surface area contributed by atoms with Crippen molar-refractivity contribution in [2.24, 2.45) is 0 Å². The minimum atomic E-state index is -3.72. The summed E-state index contributed by atoms with van der Waals surface area (Å²) in [7, 11) is -3.72. The third kappa shape index (κ3) is 3.78. The Morgan fingerprint density at radius 1 is 0.875 bits per heavy atom.